The van der Waals surface area contributed by atoms with Crippen molar-refractivity contribution in [1.82, 2.24) is 9.88 Å². The van der Waals surface area contributed by atoms with Crippen LogP contribution in [0.1, 0.15) is 39.0 Å². The summed E-state index contributed by atoms with van der Waals surface area (Å²) in [5.41, 5.74) is 0.0870. The molecule has 1 aromatic heterocycles. The van der Waals surface area contributed by atoms with Gasteiger partial charge in [0.1, 0.15) is 0 Å². The summed E-state index contributed by atoms with van der Waals surface area (Å²) in [5.74, 6) is 0.790. The molecule has 1 saturated carbocycles. The molecule has 3 nitrogen and oxygen atoms in total. The van der Waals surface area contributed by atoms with E-state index in [0.717, 1.165) is 19.0 Å². The van der Waals surface area contributed by atoms with E-state index < -0.39 is 0 Å². The summed E-state index contributed by atoms with van der Waals surface area (Å²) in [7, 11) is 0. The summed E-state index contributed by atoms with van der Waals surface area (Å²) in [6.07, 6.45) is 10.6. The number of pyridine rings is 1. The maximum absolute atomic E-state index is 11.1. The van der Waals surface area contributed by atoms with Crippen molar-refractivity contribution in [3.8, 4) is 0 Å². The van der Waals surface area contributed by atoms with Gasteiger partial charge in [-0.05, 0) is 25.3 Å². The minimum absolute atomic E-state index is 0.0870. The highest BCUT2D eigenvalue weighted by Gasteiger charge is 2.22. The lowest BCUT2D eigenvalue weighted by Gasteiger charge is -2.31. The van der Waals surface area contributed by atoms with Crippen LogP contribution >= 0.6 is 0 Å². The van der Waals surface area contributed by atoms with E-state index >= 15 is 0 Å². The quantitative estimate of drug-likeness (QED) is 0.868. The summed E-state index contributed by atoms with van der Waals surface area (Å²) >= 11 is 0. The molecule has 0 amide bonds. The number of aromatic nitrogens is 1. The Morgan fingerprint density at radius 3 is 2.56 bits per heavy atom. The van der Waals surface area contributed by atoms with Gasteiger partial charge in [0.15, 0.2) is 5.43 Å². The molecule has 100 valence electrons. The molecular formula is C15H24N2O. The number of nitrogens with one attached hydrogen (secondary N) is 1. The van der Waals surface area contributed by atoms with Gasteiger partial charge in [-0.15, -0.1) is 0 Å². The van der Waals surface area contributed by atoms with E-state index in [-0.39, 0.29) is 5.43 Å². The van der Waals surface area contributed by atoms with Crippen LogP contribution in [0.15, 0.2) is 29.3 Å². The van der Waals surface area contributed by atoms with Crippen molar-refractivity contribution < 1.29 is 0 Å². The molecule has 1 aromatic rings. The van der Waals surface area contributed by atoms with Crippen LogP contribution in [0.25, 0.3) is 0 Å². The normalized spacial score (nSPS) is 18.7. The molecule has 0 bridgehead atoms. The zero-order chi connectivity index (χ0) is 12.8. The van der Waals surface area contributed by atoms with Gasteiger partial charge in [0.25, 0.3) is 0 Å². The van der Waals surface area contributed by atoms with Crippen molar-refractivity contribution in [2.75, 3.05) is 6.54 Å². The Kier molecular flexibility index (Phi) is 5.00. The third kappa shape index (κ3) is 3.70. The lowest BCUT2D eigenvalue weighted by Crippen LogP contribution is -2.40. The lowest BCUT2D eigenvalue weighted by molar-refractivity contribution is 0.250. The fraction of sp³-hybridized carbons (Fsp3) is 0.667. The number of hydrogen-bond acceptors (Lipinski definition) is 2. The number of rotatable bonds is 5. The lowest BCUT2D eigenvalue weighted by atomic mass is 9.83. The van der Waals surface area contributed by atoms with Gasteiger partial charge in [-0.2, -0.15) is 0 Å². The van der Waals surface area contributed by atoms with E-state index in [1.54, 1.807) is 12.1 Å². The highest BCUT2D eigenvalue weighted by molar-refractivity contribution is 4.94. The molecule has 0 saturated heterocycles. The number of nitrogens with zero attached hydrogens (tertiary/aromatic N) is 1. The largest absolute Gasteiger partial charge is 0.352 e. The molecule has 1 aliphatic carbocycles. The third-order valence-corrected chi connectivity index (χ3v) is 3.95. The van der Waals surface area contributed by atoms with Crippen molar-refractivity contribution in [2.24, 2.45) is 5.92 Å². The molecule has 2 rings (SSSR count). The van der Waals surface area contributed by atoms with Crippen LogP contribution in [0.4, 0.5) is 0 Å². The topological polar surface area (TPSA) is 34.0 Å². The number of likely N-dealkylation sites (N-methyl/N-ethyl adjacent to an activating group) is 1. The van der Waals surface area contributed by atoms with E-state index in [9.17, 15) is 4.79 Å². The summed E-state index contributed by atoms with van der Waals surface area (Å²) in [4.78, 5) is 11.1. The zero-order valence-corrected chi connectivity index (χ0v) is 11.3. The van der Waals surface area contributed by atoms with Crippen molar-refractivity contribution in [3.05, 3.63) is 34.7 Å². The molecule has 1 unspecified atom stereocenters. The first kappa shape index (κ1) is 13.3. The second-order valence-electron chi connectivity index (χ2n) is 5.29. The predicted octanol–water partition coefficient (Wildman–Crippen LogP) is 2.41. The average Bonchev–Trinajstić information content (AvgIpc) is 2.42. The summed E-state index contributed by atoms with van der Waals surface area (Å²) in [5, 5.41) is 3.62. The van der Waals surface area contributed by atoms with Gasteiger partial charge in [0.2, 0.25) is 0 Å². The van der Waals surface area contributed by atoms with Crippen molar-refractivity contribution in [2.45, 2.75) is 51.6 Å². The maximum Gasteiger partial charge on any atom is 0.181 e. The predicted molar refractivity (Wildman–Crippen MR) is 74.7 cm³/mol. The SMILES string of the molecule is CCNC(Cn1ccc(=O)cc1)C1CCCCC1. The fourth-order valence-electron chi connectivity index (χ4n) is 2.97. The second kappa shape index (κ2) is 6.74. The summed E-state index contributed by atoms with van der Waals surface area (Å²) in [6.45, 7) is 4.15. The molecule has 0 spiro atoms. The first-order valence-corrected chi connectivity index (χ1v) is 7.19. The molecule has 3 heteroatoms. The van der Waals surface area contributed by atoms with Crippen molar-refractivity contribution >= 4 is 0 Å². The van der Waals surface area contributed by atoms with Crippen LogP contribution in [0.3, 0.4) is 0 Å². The number of hydrogen-bond donors (Lipinski definition) is 1. The Hall–Kier alpha value is -1.09. The van der Waals surface area contributed by atoms with Crippen LogP contribution < -0.4 is 10.7 Å². The third-order valence-electron chi connectivity index (χ3n) is 3.95. The molecular weight excluding hydrogens is 224 g/mol. The van der Waals surface area contributed by atoms with Gasteiger partial charge in [-0.3, -0.25) is 4.79 Å². The Morgan fingerprint density at radius 2 is 1.94 bits per heavy atom. The Balaban J connectivity index is 2.00. The maximum atomic E-state index is 11.1. The molecule has 1 aliphatic rings. The second-order valence-corrected chi connectivity index (χ2v) is 5.29. The molecule has 0 radical (unpaired) electrons. The van der Waals surface area contributed by atoms with Gasteiger partial charge in [0, 0.05) is 37.1 Å². The minimum atomic E-state index is 0.0870. The van der Waals surface area contributed by atoms with E-state index in [1.807, 2.05) is 12.4 Å². The summed E-state index contributed by atoms with van der Waals surface area (Å²) in [6, 6.07) is 3.83. The molecule has 0 aromatic carbocycles. The van der Waals surface area contributed by atoms with Gasteiger partial charge in [-0.1, -0.05) is 26.2 Å². The monoisotopic (exact) mass is 248 g/mol. The van der Waals surface area contributed by atoms with E-state index in [0.29, 0.717) is 6.04 Å². The average molecular weight is 248 g/mol. The van der Waals surface area contributed by atoms with Crippen LogP contribution in [0.5, 0.6) is 0 Å². The first-order chi connectivity index (χ1) is 8.79. The standard InChI is InChI=1S/C15H24N2O/c1-2-16-15(13-6-4-3-5-7-13)12-17-10-8-14(18)9-11-17/h8-11,13,15-16H,2-7,12H2,1H3. The van der Waals surface area contributed by atoms with Crippen LogP contribution in [-0.2, 0) is 6.54 Å². The van der Waals surface area contributed by atoms with E-state index in [4.69, 9.17) is 0 Å². The zero-order valence-electron chi connectivity index (χ0n) is 11.3. The summed E-state index contributed by atoms with van der Waals surface area (Å²) < 4.78 is 2.13. The molecule has 18 heavy (non-hydrogen) atoms. The van der Waals surface area contributed by atoms with Crippen LogP contribution in [0.2, 0.25) is 0 Å². The van der Waals surface area contributed by atoms with E-state index in [1.165, 1.54) is 32.1 Å². The van der Waals surface area contributed by atoms with Crippen LogP contribution in [0, 0.1) is 5.92 Å². The van der Waals surface area contributed by atoms with E-state index in [2.05, 4.69) is 16.8 Å². The Morgan fingerprint density at radius 1 is 1.28 bits per heavy atom. The molecule has 1 N–H and O–H groups in total. The molecule has 0 aliphatic heterocycles. The minimum Gasteiger partial charge on any atom is -0.352 e. The van der Waals surface area contributed by atoms with Gasteiger partial charge >= 0.3 is 0 Å². The smallest absolute Gasteiger partial charge is 0.181 e. The molecule has 1 fully saturated rings. The first-order valence-electron chi connectivity index (χ1n) is 7.19. The highest BCUT2D eigenvalue weighted by atomic mass is 16.1. The Bertz CT molecular complexity index is 387. The van der Waals surface area contributed by atoms with Gasteiger partial charge in [0.05, 0.1) is 0 Å². The highest BCUT2D eigenvalue weighted by Crippen LogP contribution is 2.27. The Labute approximate surface area is 109 Å². The van der Waals surface area contributed by atoms with Crippen LogP contribution in [-0.4, -0.2) is 17.2 Å². The van der Waals surface area contributed by atoms with Gasteiger partial charge in [-0.25, -0.2) is 0 Å². The van der Waals surface area contributed by atoms with Gasteiger partial charge < -0.3 is 9.88 Å². The van der Waals surface area contributed by atoms with Crippen molar-refractivity contribution in [3.63, 3.8) is 0 Å². The molecule has 1 atom stereocenters. The fourth-order valence-corrected chi connectivity index (χ4v) is 2.97. The van der Waals surface area contributed by atoms with Crippen molar-refractivity contribution in [1.29, 1.82) is 0 Å². The molecule has 1 heterocycles.